The third kappa shape index (κ3) is 2.78. The molecule has 3 heteroatoms. The van der Waals surface area contributed by atoms with Gasteiger partial charge in [-0.05, 0) is 10.8 Å². The standard InChI is InChI=1S/C19H30BS.Li/c1-2-8-16(7-1)20(17-9-3-4-10-17,18-11-5-6-12-18)19-13-14-21-15-19;/h13-18H,1-12H2;/q-1;+1. The molecule has 1 aromatic rings. The van der Waals surface area contributed by atoms with E-state index in [0.717, 1.165) is 17.5 Å². The molecular formula is C19H30BLiS. The summed E-state index contributed by atoms with van der Waals surface area (Å²) >= 11 is 1.96. The second kappa shape index (κ2) is 7.50. The molecule has 0 nitrogen and oxygen atoms in total. The molecule has 3 saturated carbocycles. The summed E-state index contributed by atoms with van der Waals surface area (Å²) < 4.78 is 0. The van der Waals surface area contributed by atoms with Crippen LogP contribution in [0, 0.1) is 0 Å². The van der Waals surface area contributed by atoms with Crippen molar-refractivity contribution in [2.75, 3.05) is 0 Å². The van der Waals surface area contributed by atoms with Crippen molar-refractivity contribution in [2.24, 2.45) is 0 Å². The van der Waals surface area contributed by atoms with Crippen molar-refractivity contribution in [3.63, 3.8) is 0 Å². The molecule has 0 unspecified atom stereocenters. The van der Waals surface area contributed by atoms with Crippen LogP contribution in [0.25, 0.3) is 0 Å². The SMILES string of the molecule is [Li+].c1cc([B-](C2CCCC2)(C2CCCC2)C2CCCC2)cs1. The van der Waals surface area contributed by atoms with E-state index >= 15 is 0 Å². The summed E-state index contributed by atoms with van der Waals surface area (Å²) in [5.74, 6) is 3.18. The van der Waals surface area contributed by atoms with Crippen molar-refractivity contribution >= 4 is 22.9 Å². The van der Waals surface area contributed by atoms with E-state index in [9.17, 15) is 0 Å². The summed E-state index contributed by atoms with van der Waals surface area (Å²) in [5, 5.41) is 4.93. The second-order valence-corrected chi connectivity index (χ2v) is 9.05. The summed E-state index contributed by atoms with van der Waals surface area (Å²) in [6.45, 7) is 0. The van der Waals surface area contributed by atoms with Crippen molar-refractivity contribution in [1.29, 1.82) is 0 Å². The van der Waals surface area contributed by atoms with Gasteiger partial charge in [-0.3, -0.25) is 0 Å². The van der Waals surface area contributed by atoms with Gasteiger partial charge in [0.15, 0.2) is 0 Å². The Kier molecular flexibility index (Phi) is 5.86. The molecule has 0 atom stereocenters. The van der Waals surface area contributed by atoms with E-state index in [-0.39, 0.29) is 25.0 Å². The zero-order valence-electron chi connectivity index (χ0n) is 14.4. The van der Waals surface area contributed by atoms with Gasteiger partial charge in [0.05, 0.1) is 0 Å². The first-order chi connectivity index (χ1) is 10.4. The minimum atomic E-state index is -0.274. The van der Waals surface area contributed by atoms with Crippen LogP contribution in [0.3, 0.4) is 0 Å². The molecule has 3 aliphatic rings. The molecular weight excluding hydrogens is 278 g/mol. The fourth-order valence-electron chi connectivity index (χ4n) is 7.06. The Bertz CT molecular complexity index is 399. The van der Waals surface area contributed by atoms with E-state index in [2.05, 4.69) is 16.8 Å². The maximum atomic E-state index is 2.56. The monoisotopic (exact) mass is 308 g/mol. The van der Waals surface area contributed by atoms with Crippen molar-refractivity contribution < 1.29 is 18.9 Å². The zero-order chi connectivity index (χ0) is 14.1. The van der Waals surface area contributed by atoms with E-state index in [4.69, 9.17) is 0 Å². The Morgan fingerprint density at radius 1 is 0.727 bits per heavy atom. The largest absolute Gasteiger partial charge is 1.00 e. The van der Waals surface area contributed by atoms with Crippen LogP contribution >= 0.6 is 11.3 Å². The Balaban J connectivity index is 0.00000144. The van der Waals surface area contributed by atoms with Gasteiger partial charge in [0.2, 0.25) is 0 Å². The number of hydrogen-bond acceptors (Lipinski definition) is 1. The van der Waals surface area contributed by atoms with Gasteiger partial charge in [-0.15, -0.1) is 0 Å². The van der Waals surface area contributed by atoms with Crippen LogP contribution in [0.1, 0.15) is 77.0 Å². The molecule has 3 aliphatic carbocycles. The van der Waals surface area contributed by atoms with Crippen molar-refractivity contribution in [2.45, 2.75) is 94.5 Å². The van der Waals surface area contributed by atoms with Gasteiger partial charge in [-0.1, -0.05) is 83.1 Å². The van der Waals surface area contributed by atoms with Gasteiger partial charge in [-0.2, -0.15) is 34.3 Å². The van der Waals surface area contributed by atoms with Crippen LogP contribution in [-0.2, 0) is 0 Å². The third-order valence-corrected chi connectivity index (χ3v) is 8.36. The Morgan fingerprint density at radius 2 is 1.14 bits per heavy atom. The van der Waals surface area contributed by atoms with Crippen molar-refractivity contribution in [3.8, 4) is 0 Å². The summed E-state index contributed by atoms with van der Waals surface area (Å²) in [5.41, 5.74) is 1.82. The molecule has 0 aromatic carbocycles. The molecule has 0 spiro atoms. The fraction of sp³-hybridized carbons (Fsp3) is 0.789. The molecule has 1 heterocycles. The minimum absolute atomic E-state index is 0. The molecule has 0 aliphatic heterocycles. The van der Waals surface area contributed by atoms with Crippen LogP contribution in [0.2, 0.25) is 17.5 Å². The van der Waals surface area contributed by atoms with Gasteiger partial charge < -0.3 is 0 Å². The van der Waals surface area contributed by atoms with Crippen LogP contribution in [0.15, 0.2) is 16.8 Å². The average molecular weight is 308 g/mol. The normalized spacial score (nSPS) is 24.9. The Labute approximate surface area is 152 Å². The first-order valence-electron chi connectivity index (χ1n) is 9.62. The molecule has 0 bridgehead atoms. The maximum Gasteiger partial charge on any atom is 1.00 e. The molecule has 22 heavy (non-hydrogen) atoms. The molecule has 0 amide bonds. The smallest absolute Gasteiger partial charge is 0.198 e. The molecule has 4 rings (SSSR count). The average Bonchev–Trinajstić information content (AvgIpc) is 3.32. The quantitative estimate of drug-likeness (QED) is 0.749. The number of thiophene rings is 1. The Morgan fingerprint density at radius 3 is 1.45 bits per heavy atom. The van der Waals surface area contributed by atoms with Crippen LogP contribution in [0.5, 0.6) is 0 Å². The van der Waals surface area contributed by atoms with Crippen molar-refractivity contribution in [1.82, 2.24) is 0 Å². The minimum Gasteiger partial charge on any atom is -0.198 e. The molecule has 3 fully saturated rings. The molecule has 0 N–H and O–H groups in total. The summed E-state index contributed by atoms with van der Waals surface area (Å²) in [7, 11) is 0. The van der Waals surface area contributed by atoms with E-state index in [1.165, 1.54) is 38.5 Å². The summed E-state index contributed by atoms with van der Waals surface area (Å²) in [6.07, 6.45) is 18.1. The van der Waals surface area contributed by atoms with Crippen LogP contribution < -0.4 is 24.3 Å². The fourth-order valence-corrected chi connectivity index (χ4v) is 7.84. The zero-order valence-corrected chi connectivity index (χ0v) is 15.3. The van der Waals surface area contributed by atoms with E-state index < -0.39 is 0 Å². The predicted octanol–water partition coefficient (Wildman–Crippen LogP) is 3.24. The molecule has 0 saturated heterocycles. The van der Waals surface area contributed by atoms with Gasteiger partial charge >= 0.3 is 18.9 Å². The molecule has 0 radical (unpaired) electrons. The van der Waals surface area contributed by atoms with Gasteiger partial charge in [0, 0.05) is 6.15 Å². The first kappa shape index (κ1) is 17.2. The van der Waals surface area contributed by atoms with Gasteiger partial charge in [-0.25, -0.2) is 0 Å². The molecule has 1 aromatic heterocycles. The van der Waals surface area contributed by atoms with Crippen LogP contribution in [0.4, 0.5) is 0 Å². The maximum absolute atomic E-state index is 2.56. The number of hydrogen-bond donors (Lipinski definition) is 0. The number of rotatable bonds is 4. The molecule has 116 valence electrons. The van der Waals surface area contributed by atoms with E-state index in [0.29, 0.717) is 0 Å². The Hall–Kier alpha value is 0.362. The van der Waals surface area contributed by atoms with Crippen LogP contribution in [-0.4, -0.2) is 6.15 Å². The van der Waals surface area contributed by atoms with Gasteiger partial charge in [0.1, 0.15) is 0 Å². The van der Waals surface area contributed by atoms with E-state index in [1.807, 2.05) is 16.8 Å². The van der Waals surface area contributed by atoms with Gasteiger partial charge in [0.25, 0.3) is 0 Å². The second-order valence-electron chi connectivity index (χ2n) is 8.27. The van der Waals surface area contributed by atoms with E-state index in [1.54, 1.807) is 38.5 Å². The van der Waals surface area contributed by atoms with Crippen molar-refractivity contribution in [3.05, 3.63) is 16.8 Å². The summed E-state index contributed by atoms with van der Waals surface area (Å²) in [4.78, 5) is 0. The topological polar surface area (TPSA) is 0 Å². The first-order valence-corrected chi connectivity index (χ1v) is 10.6. The predicted molar refractivity (Wildman–Crippen MR) is 96.4 cm³/mol. The summed E-state index contributed by atoms with van der Waals surface area (Å²) in [6, 6.07) is 2.54. The third-order valence-electron chi connectivity index (χ3n) is 7.66.